The summed E-state index contributed by atoms with van der Waals surface area (Å²) in [5.41, 5.74) is -8.77. The molecule has 1 heterocycles. The number of benzene rings is 2. The third-order valence-corrected chi connectivity index (χ3v) is 5.20. The van der Waals surface area contributed by atoms with Gasteiger partial charge in [0.25, 0.3) is 5.54 Å². The number of carbonyl (C=O) groups is 2. The second-order valence-electron chi connectivity index (χ2n) is 7.44. The van der Waals surface area contributed by atoms with E-state index in [2.05, 4.69) is 19.5 Å². The summed E-state index contributed by atoms with van der Waals surface area (Å²) in [6.07, 6.45) is -12.6. The van der Waals surface area contributed by atoms with Crippen molar-refractivity contribution < 1.29 is 54.9 Å². The van der Waals surface area contributed by atoms with Crippen molar-refractivity contribution in [1.82, 2.24) is 0 Å². The molecule has 0 N–H and O–H groups in total. The third kappa shape index (κ3) is 4.82. The SMILES string of the molecule is COC(=O)C1(C(F)(F)F)N=C(OCc2ccccc2)OC1=NC(C(=O)OC)(c1ccccc1)C(F)(F)F. The predicted molar refractivity (Wildman–Crippen MR) is 114 cm³/mol. The maximum absolute atomic E-state index is 14.5. The number of aliphatic imine (C=N–C) groups is 2. The zero-order valence-corrected chi connectivity index (χ0v) is 19.1. The fourth-order valence-electron chi connectivity index (χ4n) is 3.38. The fraction of sp³-hybridized carbons (Fsp3) is 0.304. The van der Waals surface area contributed by atoms with Gasteiger partial charge < -0.3 is 18.9 Å². The monoisotopic (exact) mass is 532 g/mol. The lowest BCUT2D eigenvalue weighted by Gasteiger charge is -2.32. The van der Waals surface area contributed by atoms with Gasteiger partial charge in [0.15, 0.2) is 0 Å². The van der Waals surface area contributed by atoms with Gasteiger partial charge in [-0.15, -0.1) is 0 Å². The molecule has 0 bridgehead atoms. The molecule has 198 valence electrons. The van der Waals surface area contributed by atoms with Crippen molar-refractivity contribution in [3.63, 3.8) is 0 Å². The fourth-order valence-corrected chi connectivity index (χ4v) is 3.38. The van der Waals surface area contributed by atoms with E-state index in [1.54, 1.807) is 18.2 Å². The van der Waals surface area contributed by atoms with Crippen molar-refractivity contribution in [3.05, 3.63) is 71.8 Å². The molecule has 2 aromatic rings. The molecular weight excluding hydrogens is 514 g/mol. The Morgan fingerprint density at radius 3 is 1.97 bits per heavy atom. The molecule has 3 rings (SSSR count). The first-order valence-electron chi connectivity index (χ1n) is 10.2. The lowest BCUT2D eigenvalue weighted by molar-refractivity contribution is -0.208. The highest BCUT2D eigenvalue weighted by Gasteiger charge is 2.73. The highest BCUT2D eigenvalue weighted by Crippen LogP contribution is 2.47. The predicted octanol–water partition coefficient (Wildman–Crippen LogP) is 4.09. The van der Waals surface area contributed by atoms with Crippen molar-refractivity contribution in [1.29, 1.82) is 0 Å². The largest absolute Gasteiger partial charge is 0.467 e. The minimum Gasteiger partial charge on any atom is -0.467 e. The zero-order valence-electron chi connectivity index (χ0n) is 19.1. The quantitative estimate of drug-likeness (QED) is 0.411. The molecule has 2 unspecified atom stereocenters. The first-order valence-corrected chi connectivity index (χ1v) is 10.2. The van der Waals surface area contributed by atoms with Crippen molar-refractivity contribution in [3.8, 4) is 0 Å². The van der Waals surface area contributed by atoms with E-state index >= 15 is 0 Å². The first-order chi connectivity index (χ1) is 17.3. The van der Waals surface area contributed by atoms with Crippen LogP contribution in [0.15, 0.2) is 70.6 Å². The number of alkyl halides is 6. The molecule has 1 aliphatic rings. The second kappa shape index (κ2) is 10.1. The summed E-state index contributed by atoms with van der Waals surface area (Å²) in [5, 5.41) is 0. The summed E-state index contributed by atoms with van der Waals surface area (Å²) < 4.78 is 105. The van der Waals surface area contributed by atoms with E-state index in [4.69, 9.17) is 9.47 Å². The van der Waals surface area contributed by atoms with Gasteiger partial charge in [0.2, 0.25) is 5.90 Å². The average molecular weight is 532 g/mol. The van der Waals surface area contributed by atoms with Crippen LogP contribution in [0.5, 0.6) is 0 Å². The molecule has 2 atom stereocenters. The molecule has 8 nitrogen and oxygen atoms in total. The van der Waals surface area contributed by atoms with Gasteiger partial charge in [0.1, 0.15) is 6.61 Å². The first kappa shape index (κ1) is 27.5. The lowest BCUT2D eigenvalue weighted by Crippen LogP contribution is -2.58. The van der Waals surface area contributed by atoms with Crippen LogP contribution in [-0.2, 0) is 40.7 Å². The number of hydrogen-bond acceptors (Lipinski definition) is 8. The highest BCUT2D eigenvalue weighted by atomic mass is 19.4. The number of halogens is 6. The van der Waals surface area contributed by atoms with Crippen LogP contribution in [0.1, 0.15) is 11.1 Å². The topological polar surface area (TPSA) is 95.8 Å². The molecule has 0 radical (unpaired) electrons. The average Bonchev–Trinajstić information content (AvgIpc) is 3.25. The second-order valence-corrected chi connectivity index (χ2v) is 7.44. The standard InChI is InChI=1S/C23H18F6N2O6/c1-34-17(32)20(22(24,25)26,15-11-7-4-8-12-15)30-16-21(18(33)35-2,23(27,28)29)31-19(37-16)36-13-14-9-5-3-6-10-14/h3-12H,13H2,1-2H3. The van der Waals surface area contributed by atoms with Gasteiger partial charge >= 0.3 is 35.9 Å². The Kier molecular flexibility index (Phi) is 7.51. The smallest absolute Gasteiger partial charge is 0.433 e. The Hall–Kier alpha value is -4.10. The van der Waals surface area contributed by atoms with Crippen LogP contribution in [0, 0.1) is 0 Å². The Bertz CT molecular complexity index is 1200. The normalized spacial score (nSPS) is 20.4. The number of nitrogens with zero attached hydrogens (tertiary/aromatic N) is 2. The number of carbonyl (C=O) groups excluding carboxylic acids is 2. The Morgan fingerprint density at radius 2 is 1.49 bits per heavy atom. The van der Waals surface area contributed by atoms with Gasteiger partial charge in [-0.1, -0.05) is 60.7 Å². The van der Waals surface area contributed by atoms with Gasteiger partial charge in [-0.3, -0.25) is 0 Å². The van der Waals surface area contributed by atoms with E-state index in [9.17, 15) is 35.9 Å². The summed E-state index contributed by atoms with van der Waals surface area (Å²) in [6, 6.07) is 13.0. The molecule has 0 amide bonds. The summed E-state index contributed by atoms with van der Waals surface area (Å²) in [5.74, 6) is -6.21. The van der Waals surface area contributed by atoms with Crippen molar-refractivity contribution >= 4 is 23.9 Å². The third-order valence-electron chi connectivity index (χ3n) is 5.20. The molecule has 37 heavy (non-hydrogen) atoms. The minimum atomic E-state index is -5.74. The Balaban J connectivity index is 2.27. The molecule has 1 aliphatic heterocycles. The molecule has 0 saturated heterocycles. The van der Waals surface area contributed by atoms with E-state index < -0.39 is 59.5 Å². The molecule has 0 spiro atoms. The van der Waals surface area contributed by atoms with E-state index in [-0.39, 0.29) is 0 Å². The number of methoxy groups -OCH3 is 2. The number of ether oxygens (including phenoxy) is 4. The van der Waals surface area contributed by atoms with Gasteiger partial charge in [0.05, 0.1) is 14.2 Å². The maximum Gasteiger partial charge on any atom is 0.433 e. The van der Waals surface area contributed by atoms with Crippen molar-refractivity contribution in [2.45, 2.75) is 30.0 Å². The Labute approximate surface area is 205 Å². The highest BCUT2D eigenvalue weighted by molar-refractivity contribution is 6.16. The summed E-state index contributed by atoms with van der Waals surface area (Å²) in [4.78, 5) is 31.3. The van der Waals surface area contributed by atoms with Crippen LogP contribution >= 0.6 is 0 Å². The molecule has 0 fully saturated rings. The number of hydrogen-bond donors (Lipinski definition) is 0. The van der Waals surface area contributed by atoms with Gasteiger partial charge in [0, 0.05) is 5.56 Å². The van der Waals surface area contributed by atoms with E-state index in [1.165, 1.54) is 18.2 Å². The van der Waals surface area contributed by atoms with Crippen LogP contribution in [0.2, 0.25) is 0 Å². The van der Waals surface area contributed by atoms with Crippen LogP contribution < -0.4 is 0 Å². The number of esters is 2. The maximum atomic E-state index is 14.5. The summed E-state index contributed by atoms with van der Waals surface area (Å²) in [7, 11) is 1.14. The molecule has 0 aliphatic carbocycles. The summed E-state index contributed by atoms with van der Waals surface area (Å²) >= 11 is 0. The Morgan fingerprint density at radius 1 is 0.919 bits per heavy atom. The molecule has 2 aromatic carbocycles. The van der Waals surface area contributed by atoms with Crippen molar-refractivity contribution in [2.24, 2.45) is 9.98 Å². The van der Waals surface area contributed by atoms with Crippen LogP contribution in [0.25, 0.3) is 0 Å². The van der Waals surface area contributed by atoms with Crippen LogP contribution in [0.3, 0.4) is 0 Å². The lowest BCUT2D eigenvalue weighted by atomic mass is 9.88. The van der Waals surface area contributed by atoms with Crippen LogP contribution in [0.4, 0.5) is 26.3 Å². The molecule has 14 heteroatoms. The van der Waals surface area contributed by atoms with E-state index in [0.717, 1.165) is 24.3 Å². The van der Waals surface area contributed by atoms with E-state index in [1.807, 2.05) is 0 Å². The zero-order chi connectivity index (χ0) is 27.5. The van der Waals surface area contributed by atoms with Gasteiger partial charge in [-0.05, 0) is 5.56 Å². The van der Waals surface area contributed by atoms with Gasteiger partial charge in [-0.25, -0.2) is 14.6 Å². The van der Waals surface area contributed by atoms with E-state index in [0.29, 0.717) is 19.8 Å². The minimum absolute atomic E-state index is 0.428. The van der Waals surface area contributed by atoms with Crippen LogP contribution in [-0.4, -0.2) is 56.0 Å². The molecule has 0 saturated carbocycles. The number of rotatable bonds is 6. The summed E-state index contributed by atoms with van der Waals surface area (Å²) in [6.45, 7) is -0.428. The molecular formula is C23H18F6N2O6. The van der Waals surface area contributed by atoms with Gasteiger partial charge in [-0.2, -0.15) is 31.3 Å². The molecule has 0 aromatic heterocycles. The van der Waals surface area contributed by atoms with Crippen molar-refractivity contribution in [2.75, 3.05) is 14.2 Å².